The molecule has 0 unspecified atom stereocenters. The summed E-state index contributed by atoms with van der Waals surface area (Å²) in [6.07, 6.45) is 2.25. The highest BCUT2D eigenvalue weighted by Crippen LogP contribution is 2.22. The van der Waals surface area contributed by atoms with Crippen LogP contribution in [-0.2, 0) is 14.6 Å². The van der Waals surface area contributed by atoms with Crippen LogP contribution in [0.2, 0.25) is 0 Å². The number of hydrogen-bond acceptors (Lipinski definition) is 5. The van der Waals surface area contributed by atoms with Gasteiger partial charge in [-0.3, -0.25) is 9.59 Å². The summed E-state index contributed by atoms with van der Waals surface area (Å²) in [6, 6.07) is 15.4. The first-order valence-corrected chi connectivity index (χ1v) is 13.0. The lowest BCUT2D eigenvalue weighted by atomic mass is 10.0. The zero-order valence-electron chi connectivity index (χ0n) is 19.3. The molecule has 178 valence electrons. The van der Waals surface area contributed by atoms with Gasteiger partial charge in [0.2, 0.25) is 0 Å². The fourth-order valence-corrected chi connectivity index (χ4v) is 5.29. The Morgan fingerprint density at radius 1 is 1.00 bits per heavy atom. The molecule has 1 aliphatic rings. The summed E-state index contributed by atoms with van der Waals surface area (Å²) in [4.78, 5) is 29.9. The van der Waals surface area contributed by atoms with Crippen molar-refractivity contribution in [3.05, 3.63) is 65.7 Å². The second kappa shape index (κ2) is 11.4. The number of piperidine rings is 1. The molecule has 1 aliphatic heterocycles. The number of likely N-dealkylation sites (tertiary alicyclic amines) is 1. The molecule has 0 saturated carbocycles. The van der Waals surface area contributed by atoms with Gasteiger partial charge in [0.05, 0.1) is 17.3 Å². The molecule has 33 heavy (non-hydrogen) atoms. The second-order valence-electron chi connectivity index (χ2n) is 8.22. The second-order valence-corrected chi connectivity index (χ2v) is 10.3. The molecule has 1 saturated heterocycles. The van der Waals surface area contributed by atoms with Crippen molar-refractivity contribution in [3.63, 3.8) is 0 Å². The number of carbonyl (C=O) groups excluding carboxylic acids is 2. The molecule has 2 aromatic rings. The standard InChI is InChI=1S/C25H32N2O5S/c1-3-15-27(22-13-16-26(17-14-22)24(28)20-7-5-4-6-8-20)25(29)21-9-11-23(12-10-21)33(30,31)19-18-32-2/h4-12,22H,3,13-19H2,1-2H3. The average Bonchev–Trinajstić information content (AvgIpc) is 2.86. The van der Waals surface area contributed by atoms with Crippen molar-refractivity contribution >= 4 is 21.7 Å². The molecular formula is C25H32N2O5S. The van der Waals surface area contributed by atoms with Crippen molar-refractivity contribution in [2.24, 2.45) is 0 Å². The molecule has 0 radical (unpaired) electrons. The van der Waals surface area contributed by atoms with E-state index in [9.17, 15) is 18.0 Å². The number of ether oxygens (including phenoxy) is 1. The molecule has 0 N–H and O–H groups in total. The molecule has 7 nitrogen and oxygen atoms in total. The van der Waals surface area contributed by atoms with E-state index in [0.717, 1.165) is 6.42 Å². The number of rotatable bonds is 9. The summed E-state index contributed by atoms with van der Waals surface area (Å²) in [6.45, 7) is 3.97. The lowest BCUT2D eigenvalue weighted by Gasteiger charge is -2.38. The van der Waals surface area contributed by atoms with Crippen LogP contribution in [0.5, 0.6) is 0 Å². The summed E-state index contributed by atoms with van der Waals surface area (Å²) in [5, 5.41) is 0. The first kappa shape index (κ1) is 24.9. The Hall–Kier alpha value is -2.71. The van der Waals surface area contributed by atoms with Gasteiger partial charge in [-0.15, -0.1) is 0 Å². The largest absolute Gasteiger partial charge is 0.384 e. The van der Waals surface area contributed by atoms with E-state index in [2.05, 4.69) is 0 Å². The van der Waals surface area contributed by atoms with Crippen LogP contribution in [0.4, 0.5) is 0 Å². The van der Waals surface area contributed by atoms with Gasteiger partial charge in [-0.1, -0.05) is 25.1 Å². The number of amides is 2. The third kappa shape index (κ3) is 6.21. The van der Waals surface area contributed by atoms with Crippen LogP contribution >= 0.6 is 0 Å². The number of hydrogen-bond donors (Lipinski definition) is 0. The Morgan fingerprint density at radius 3 is 2.21 bits per heavy atom. The number of benzene rings is 2. The van der Waals surface area contributed by atoms with Gasteiger partial charge in [0.15, 0.2) is 9.84 Å². The zero-order chi connectivity index (χ0) is 23.8. The molecule has 1 fully saturated rings. The van der Waals surface area contributed by atoms with Crippen LogP contribution in [0.25, 0.3) is 0 Å². The van der Waals surface area contributed by atoms with Crippen molar-refractivity contribution in [3.8, 4) is 0 Å². The van der Waals surface area contributed by atoms with Gasteiger partial charge in [-0.2, -0.15) is 0 Å². The molecule has 0 atom stereocenters. The fourth-order valence-electron chi connectivity index (χ4n) is 4.12. The van der Waals surface area contributed by atoms with Crippen molar-refractivity contribution < 1.29 is 22.7 Å². The van der Waals surface area contributed by atoms with E-state index in [-0.39, 0.29) is 35.1 Å². The smallest absolute Gasteiger partial charge is 0.254 e. The van der Waals surface area contributed by atoms with Gasteiger partial charge >= 0.3 is 0 Å². The molecule has 2 amide bonds. The van der Waals surface area contributed by atoms with E-state index in [4.69, 9.17) is 4.74 Å². The Balaban J connectivity index is 1.66. The quantitative estimate of drug-likeness (QED) is 0.559. The van der Waals surface area contributed by atoms with Crippen LogP contribution in [0.3, 0.4) is 0 Å². The van der Waals surface area contributed by atoms with E-state index >= 15 is 0 Å². The summed E-state index contributed by atoms with van der Waals surface area (Å²) in [7, 11) is -1.98. The first-order valence-electron chi connectivity index (χ1n) is 11.3. The maximum Gasteiger partial charge on any atom is 0.254 e. The number of carbonyl (C=O) groups is 2. The molecule has 1 heterocycles. The Bertz CT molecular complexity index is 1030. The van der Waals surface area contributed by atoms with Crippen LogP contribution in [-0.4, -0.2) is 75.2 Å². The minimum Gasteiger partial charge on any atom is -0.384 e. The Morgan fingerprint density at radius 2 is 1.64 bits per heavy atom. The zero-order valence-corrected chi connectivity index (χ0v) is 20.1. The van der Waals surface area contributed by atoms with Gasteiger partial charge < -0.3 is 14.5 Å². The Kier molecular flexibility index (Phi) is 8.63. The topological polar surface area (TPSA) is 84.0 Å². The minimum absolute atomic E-state index is 0.0210. The predicted octanol–water partition coefficient (Wildman–Crippen LogP) is 3.26. The van der Waals surface area contributed by atoms with Gasteiger partial charge in [0.1, 0.15) is 0 Å². The van der Waals surface area contributed by atoms with E-state index in [0.29, 0.717) is 43.6 Å². The molecule has 3 rings (SSSR count). The van der Waals surface area contributed by atoms with Crippen LogP contribution in [0, 0.1) is 0 Å². The van der Waals surface area contributed by atoms with Crippen molar-refractivity contribution in [1.29, 1.82) is 0 Å². The van der Waals surface area contributed by atoms with Gasteiger partial charge in [0, 0.05) is 43.9 Å². The lowest BCUT2D eigenvalue weighted by Crippen LogP contribution is -2.49. The molecule has 0 aliphatic carbocycles. The van der Waals surface area contributed by atoms with Crippen LogP contribution in [0.15, 0.2) is 59.5 Å². The third-order valence-corrected chi connectivity index (χ3v) is 7.65. The molecule has 8 heteroatoms. The van der Waals surface area contributed by atoms with Gasteiger partial charge in [0.25, 0.3) is 11.8 Å². The number of nitrogens with zero attached hydrogens (tertiary/aromatic N) is 2. The van der Waals surface area contributed by atoms with E-state index in [1.807, 2.05) is 47.1 Å². The summed E-state index contributed by atoms with van der Waals surface area (Å²) < 4.78 is 29.5. The maximum absolute atomic E-state index is 13.3. The normalized spacial score (nSPS) is 14.8. The highest BCUT2D eigenvalue weighted by atomic mass is 32.2. The fraction of sp³-hybridized carbons (Fsp3) is 0.440. The Labute approximate surface area is 196 Å². The van der Waals surface area contributed by atoms with Crippen LogP contribution in [0.1, 0.15) is 46.9 Å². The van der Waals surface area contributed by atoms with Crippen molar-refractivity contribution in [2.45, 2.75) is 37.1 Å². The average molecular weight is 473 g/mol. The predicted molar refractivity (Wildman–Crippen MR) is 127 cm³/mol. The van der Waals surface area contributed by atoms with Gasteiger partial charge in [-0.05, 0) is 55.7 Å². The van der Waals surface area contributed by atoms with Crippen LogP contribution < -0.4 is 0 Å². The van der Waals surface area contributed by atoms with E-state index < -0.39 is 9.84 Å². The lowest BCUT2D eigenvalue weighted by molar-refractivity contribution is 0.0519. The summed E-state index contributed by atoms with van der Waals surface area (Å²) >= 11 is 0. The summed E-state index contributed by atoms with van der Waals surface area (Å²) in [5.74, 6) is -0.183. The van der Waals surface area contributed by atoms with Crippen molar-refractivity contribution in [1.82, 2.24) is 9.80 Å². The molecule has 2 aromatic carbocycles. The highest BCUT2D eigenvalue weighted by Gasteiger charge is 2.30. The number of sulfone groups is 1. The molecule has 0 aromatic heterocycles. The van der Waals surface area contributed by atoms with Gasteiger partial charge in [-0.25, -0.2) is 8.42 Å². The summed E-state index contributed by atoms with van der Waals surface area (Å²) in [5.41, 5.74) is 1.15. The maximum atomic E-state index is 13.3. The van der Waals surface area contributed by atoms with Crippen molar-refractivity contribution in [2.75, 3.05) is 39.1 Å². The molecular weight excluding hydrogens is 440 g/mol. The first-order chi connectivity index (χ1) is 15.9. The highest BCUT2D eigenvalue weighted by molar-refractivity contribution is 7.91. The van der Waals surface area contributed by atoms with E-state index in [1.165, 1.54) is 19.2 Å². The van der Waals surface area contributed by atoms with E-state index in [1.54, 1.807) is 12.1 Å². The molecule has 0 bridgehead atoms. The SMILES string of the molecule is CCCN(C(=O)c1ccc(S(=O)(=O)CCOC)cc1)C1CCN(C(=O)c2ccccc2)CC1. The molecule has 0 spiro atoms. The monoisotopic (exact) mass is 472 g/mol. The third-order valence-electron chi connectivity index (χ3n) is 5.96. The number of methoxy groups -OCH3 is 1. The minimum atomic E-state index is -3.44.